The van der Waals surface area contributed by atoms with E-state index in [-0.39, 0.29) is 12.8 Å². The van der Waals surface area contributed by atoms with E-state index in [1.165, 1.54) is 0 Å². The van der Waals surface area contributed by atoms with Crippen LogP contribution in [0, 0.1) is 0 Å². The highest BCUT2D eigenvalue weighted by Gasteiger charge is 2.46. The lowest BCUT2D eigenvalue weighted by Gasteiger charge is -2.34. The van der Waals surface area contributed by atoms with Crippen LogP contribution >= 0.6 is 0 Å². The molecular formula is C7H9F2NO2. The maximum atomic E-state index is 12.2. The van der Waals surface area contributed by atoms with Crippen LogP contribution in [-0.4, -0.2) is 23.7 Å². The van der Waals surface area contributed by atoms with E-state index >= 15 is 0 Å². The number of halogens is 2. The van der Waals surface area contributed by atoms with Crippen molar-refractivity contribution in [2.75, 3.05) is 0 Å². The van der Waals surface area contributed by atoms with Crippen LogP contribution in [0.2, 0.25) is 0 Å². The quantitative estimate of drug-likeness (QED) is 0.624. The van der Waals surface area contributed by atoms with Gasteiger partial charge < -0.3 is 5.32 Å². The van der Waals surface area contributed by atoms with Crippen LogP contribution in [0.3, 0.4) is 0 Å². The number of hydrogen-bond donors (Lipinski definition) is 1. The zero-order chi connectivity index (χ0) is 9.35. The molecule has 12 heavy (non-hydrogen) atoms. The van der Waals surface area contributed by atoms with Crippen molar-refractivity contribution >= 4 is 11.7 Å². The Morgan fingerprint density at radius 3 is 2.25 bits per heavy atom. The molecule has 0 aliphatic heterocycles. The smallest absolute Gasteiger partial charge is 0.287 e. The fourth-order valence-corrected chi connectivity index (χ4v) is 1.05. The maximum Gasteiger partial charge on any atom is 0.287 e. The number of alkyl halides is 2. The van der Waals surface area contributed by atoms with Gasteiger partial charge in [-0.05, 0) is 0 Å². The highest BCUT2D eigenvalue weighted by atomic mass is 19.3. The van der Waals surface area contributed by atoms with E-state index < -0.39 is 23.7 Å². The standard InChI is InChI=1S/C7H9F2NO2/c1-4(11)6(12)10-5-2-7(8,9)3-5/h5H,2-3H2,1H3,(H,10,12). The summed E-state index contributed by atoms with van der Waals surface area (Å²) in [6, 6.07) is -0.531. The Hall–Kier alpha value is -1.00. The van der Waals surface area contributed by atoms with Gasteiger partial charge in [0.25, 0.3) is 11.8 Å². The SMILES string of the molecule is CC(=O)C(=O)NC1CC(F)(F)C1. The number of amides is 1. The Morgan fingerprint density at radius 2 is 1.92 bits per heavy atom. The second-order valence-corrected chi connectivity index (χ2v) is 2.99. The van der Waals surface area contributed by atoms with Crippen molar-refractivity contribution in [1.82, 2.24) is 5.32 Å². The Balaban J connectivity index is 2.28. The zero-order valence-electron chi connectivity index (χ0n) is 6.56. The van der Waals surface area contributed by atoms with Crippen LogP contribution in [0.4, 0.5) is 8.78 Å². The van der Waals surface area contributed by atoms with E-state index in [1.54, 1.807) is 0 Å². The molecule has 1 fully saturated rings. The monoisotopic (exact) mass is 177 g/mol. The summed E-state index contributed by atoms with van der Waals surface area (Å²) in [6.07, 6.45) is -0.710. The molecule has 0 bridgehead atoms. The lowest BCUT2D eigenvalue weighted by Crippen LogP contribution is -2.51. The fourth-order valence-electron chi connectivity index (χ4n) is 1.05. The van der Waals surface area contributed by atoms with E-state index in [9.17, 15) is 18.4 Å². The molecule has 68 valence electrons. The Kier molecular flexibility index (Phi) is 2.12. The normalized spacial score (nSPS) is 21.2. The average molecular weight is 177 g/mol. The molecule has 1 amide bonds. The lowest BCUT2D eigenvalue weighted by atomic mass is 9.88. The molecule has 0 aromatic rings. The van der Waals surface area contributed by atoms with Gasteiger partial charge in [0.15, 0.2) is 0 Å². The zero-order valence-corrected chi connectivity index (χ0v) is 6.56. The van der Waals surface area contributed by atoms with Crippen molar-refractivity contribution in [3.05, 3.63) is 0 Å². The third kappa shape index (κ3) is 1.99. The van der Waals surface area contributed by atoms with Crippen LogP contribution in [0.5, 0.6) is 0 Å². The van der Waals surface area contributed by atoms with E-state index in [0.29, 0.717) is 0 Å². The minimum absolute atomic E-state index is 0.355. The van der Waals surface area contributed by atoms with Gasteiger partial charge in [-0.1, -0.05) is 0 Å². The van der Waals surface area contributed by atoms with E-state index in [2.05, 4.69) is 5.32 Å². The molecule has 1 rings (SSSR count). The second kappa shape index (κ2) is 2.80. The minimum atomic E-state index is -2.66. The molecule has 0 saturated heterocycles. The Bertz CT molecular complexity index is 219. The van der Waals surface area contributed by atoms with Gasteiger partial charge in [-0.15, -0.1) is 0 Å². The summed E-state index contributed by atoms with van der Waals surface area (Å²) < 4.78 is 24.4. The van der Waals surface area contributed by atoms with Crippen molar-refractivity contribution in [2.24, 2.45) is 0 Å². The molecule has 0 aromatic heterocycles. The van der Waals surface area contributed by atoms with Crippen LogP contribution in [0.15, 0.2) is 0 Å². The highest BCUT2D eigenvalue weighted by molar-refractivity contribution is 6.35. The summed E-state index contributed by atoms with van der Waals surface area (Å²) in [5, 5.41) is 2.20. The first-order valence-corrected chi connectivity index (χ1v) is 3.60. The third-order valence-corrected chi connectivity index (χ3v) is 1.75. The summed E-state index contributed by atoms with van der Waals surface area (Å²) in [4.78, 5) is 21.0. The largest absolute Gasteiger partial charge is 0.346 e. The predicted molar refractivity (Wildman–Crippen MR) is 36.8 cm³/mol. The molecular weight excluding hydrogens is 168 g/mol. The molecule has 1 aliphatic carbocycles. The summed E-state index contributed by atoms with van der Waals surface area (Å²) in [6.45, 7) is 1.10. The molecule has 0 spiro atoms. The van der Waals surface area contributed by atoms with Crippen LogP contribution in [0.1, 0.15) is 19.8 Å². The number of ketones is 1. The first-order chi connectivity index (χ1) is 5.41. The van der Waals surface area contributed by atoms with Crippen LogP contribution in [-0.2, 0) is 9.59 Å². The van der Waals surface area contributed by atoms with Crippen LogP contribution in [0.25, 0.3) is 0 Å². The molecule has 1 aliphatic rings. The molecule has 3 nitrogen and oxygen atoms in total. The minimum Gasteiger partial charge on any atom is -0.346 e. The van der Waals surface area contributed by atoms with Gasteiger partial charge in [0, 0.05) is 25.8 Å². The summed E-state index contributed by atoms with van der Waals surface area (Å²) in [5.74, 6) is -4.09. The highest BCUT2D eigenvalue weighted by Crippen LogP contribution is 2.37. The third-order valence-electron chi connectivity index (χ3n) is 1.75. The second-order valence-electron chi connectivity index (χ2n) is 2.99. The van der Waals surface area contributed by atoms with E-state index in [4.69, 9.17) is 0 Å². The van der Waals surface area contributed by atoms with Gasteiger partial charge in [0.1, 0.15) is 0 Å². The molecule has 0 radical (unpaired) electrons. The van der Waals surface area contributed by atoms with Gasteiger partial charge in [0.2, 0.25) is 5.78 Å². The maximum absolute atomic E-state index is 12.2. The number of nitrogens with one attached hydrogen (secondary N) is 1. The first-order valence-electron chi connectivity index (χ1n) is 3.60. The number of rotatable bonds is 2. The van der Waals surface area contributed by atoms with Gasteiger partial charge >= 0.3 is 0 Å². The molecule has 0 heterocycles. The average Bonchev–Trinajstić information content (AvgIpc) is 1.83. The van der Waals surface area contributed by atoms with E-state index in [1.807, 2.05) is 0 Å². The molecule has 5 heteroatoms. The van der Waals surface area contributed by atoms with Gasteiger partial charge in [0.05, 0.1) is 0 Å². The van der Waals surface area contributed by atoms with Gasteiger partial charge in [-0.3, -0.25) is 9.59 Å². The Morgan fingerprint density at radius 1 is 1.42 bits per heavy atom. The summed E-state index contributed by atoms with van der Waals surface area (Å²) >= 11 is 0. The van der Waals surface area contributed by atoms with Crippen molar-refractivity contribution in [3.8, 4) is 0 Å². The number of carbonyl (C=O) groups is 2. The van der Waals surface area contributed by atoms with Gasteiger partial charge in [-0.25, -0.2) is 8.78 Å². The van der Waals surface area contributed by atoms with Crippen molar-refractivity contribution in [1.29, 1.82) is 0 Å². The van der Waals surface area contributed by atoms with Crippen molar-refractivity contribution in [2.45, 2.75) is 31.7 Å². The molecule has 1 N–H and O–H groups in total. The van der Waals surface area contributed by atoms with Crippen molar-refractivity contribution in [3.63, 3.8) is 0 Å². The lowest BCUT2D eigenvalue weighted by molar-refractivity contribution is -0.141. The Labute approximate surface area is 68.1 Å². The number of hydrogen-bond acceptors (Lipinski definition) is 2. The van der Waals surface area contributed by atoms with Gasteiger partial charge in [-0.2, -0.15) is 0 Å². The summed E-state index contributed by atoms with van der Waals surface area (Å²) in [5.41, 5.74) is 0. The first kappa shape index (κ1) is 9.09. The number of Topliss-reactive ketones (excluding diaryl/α,β-unsaturated/α-hetero) is 1. The van der Waals surface area contributed by atoms with Crippen molar-refractivity contribution < 1.29 is 18.4 Å². The van der Waals surface area contributed by atoms with Crippen LogP contribution < -0.4 is 5.32 Å². The molecule has 0 aromatic carbocycles. The number of carbonyl (C=O) groups excluding carboxylic acids is 2. The van der Waals surface area contributed by atoms with E-state index in [0.717, 1.165) is 6.92 Å². The molecule has 1 saturated carbocycles. The molecule has 0 unspecified atom stereocenters. The topological polar surface area (TPSA) is 46.2 Å². The molecule has 0 atom stereocenters. The predicted octanol–water partition coefficient (Wildman–Crippen LogP) is 0.489. The summed E-state index contributed by atoms with van der Waals surface area (Å²) in [7, 11) is 0. The fraction of sp³-hybridized carbons (Fsp3) is 0.714.